The molecule has 2 unspecified atom stereocenters. The minimum atomic E-state index is -0.689. The predicted molar refractivity (Wildman–Crippen MR) is 272 cm³/mol. The van der Waals surface area contributed by atoms with E-state index in [0.717, 1.165) is 61.4 Å². The molecule has 22 heteroatoms. The molecular weight excluding hydrogens is 953 g/mol. The van der Waals surface area contributed by atoms with Crippen molar-refractivity contribution < 1.29 is 48.2 Å². The van der Waals surface area contributed by atoms with Crippen molar-refractivity contribution in [3.63, 3.8) is 0 Å². The SMILES string of the molecule is COc1c(OC[C@H](O)CN2CC3CCC(C2)O3)ccc2c3n(c(=NC(=O)c4cccnc4)nc12)CCN3.COc1c(OC[C@H](O)CN2C[C@@H](C)O[C@@H](C)C2)ccc2c3n(c(=NC(=O)c4cccnc4)nc12)CCN3. The fourth-order valence-electron chi connectivity index (χ4n) is 10.3. The molecule has 74 heavy (non-hydrogen) atoms. The van der Waals surface area contributed by atoms with E-state index in [1.165, 1.54) is 12.4 Å². The van der Waals surface area contributed by atoms with Gasteiger partial charge in [0.2, 0.25) is 11.2 Å². The summed E-state index contributed by atoms with van der Waals surface area (Å²) in [7, 11) is 3.09. The van der Waals surface area contributed by atoms with Gasteiger partial charge in [0, 0.05) is 101 Å². The lowest BCUT2D eigenvalue weighted by atomic mass is 10.2. The number of methoxy groups -OCH3 is 2. The average Bonchev–Trinajstić information content (AvgIpc) is 4.19. The zero-order valence-electron chi connectivity index (χ0n) is 41.9. The second-order valence-corrected chi connectivity index (χ2v) is 19.1. The van der Waals surface area contributed by atoms with Crippen molar-refractivity contribution >= 4 is 45.3 Å². The van der Waals surface area contributed by atoms with Crippen molar-refractivity contribution in [1.82, 2.24) is 38.9 Å². The third kappa shape index (κ3) is 11.2. The summed E-state index contributed by atoms with van der Waals surface area (Å²) in [5.41, 5.74) is 2.36. The Kier molecular flexibility index (Phi) is 15.4. The van der Waals surface area contributed by atoms with Gasteiger partial charge in [-0.1, -0.05) is 0 Å². The Morgan fingerprint density at radius 3 is 1.57 bits per heavy atom. The number of nitrogens with one attached hydrogen (secondary N) is 2. The van der Waals surface area contributed by atoms with Crippen LogP contribution in [0.25, 0.3) is 21.8 Å². The van der Waals surface area contributed by atoms with Crippen molar-refractivity contribution in [2.75, 3.05) is 90.4 Å². The summed E-state index contributed by atoms with van der Waals surface area (Å²) >= 11 is 0. The molecule has 390 valence electrons. The van der Waals surface area contributed by atoms with Crippen LogP contribution in [0.15, 0.2) is 83.3 Å². The van der Waals surface area contributed by atoms with Crippen LogP contribution >= 0.6 is 0 Å². The van der Waals surface area contributed by atoms with Gasteiger partial charge in [-0.2, -0.15) is 9.98 Å². The van der Waals surface area contributed by atoms with Crippen LogP contribution in [0.5, 0.6) is 23.0 Å². The van der Waals surface area contributed by atoms with Crippen molar-refractivity contribution in [2.24, 2.45) is 9.98 Å². The van der Waals surface area contributed by atoms with E-state index in [0.29, 0.717) is 84.4 Å². The van der Waals surface area contributed by atoms with Gasteiger partial charge in [0.15, 0.2) is 23.0 Å². The zero-order chi connectivity index (χ0) is 51.3. The molecule has 2 amide bonds. The molecule has 6 atom stereocenters. The number of ether oxygens (including phenoxy) is 6. The van der Waals surface area contributed by atoms with Crippen molar-refractivity contribution in [3.05, 3.63) is 95.7 Å². The molecule has 3 saturated heterocycles. The lowest BCUT2D eigenvalue weighted by Gasteiger charge is -2.36. The molecule has 0 radical (unpaired) electrons. The summed E-state index contributed by atoms with van der Waals surface area (Å²) in [5.74, 6) is 2.54. The molecule has 0 aliphatic carbocycles. The number of morpholine rings is 2. The molecule has 0 spiro atoms. The summed E-state index contributed by atoms with van der Waals surface area (Å²) in [6.45, 7) is 11.2. The monoisotopic (exact) mass is 1010 g/mol. The van der Waals surface area contributed by atoms with E-state index < -0.39 is 24.0 Å². The number of aliphatic hydroxyl groups is 2. The second-order valence-electron chi connectivity index (χ2n) is 19.1. The van der Waals surface area contributed by atoms with Crippen LogP contribution < -0.4 is 40.8 Å². The number of anilines is 2. The first-order valence-electron chi connectivity index (χ1n) is 25.1. The molecule has 5 aliphatic rings. The normalized spacial score (nSPS) is 21.5. The standard InChI is InChI=1S/C26H30N6O5.C26H32N6O5/c1-35-23-21(36-15-17(33)12-31-13-18-4-5-19(14-31)37-18)7-6-20-22(23)29-26(32-10-9-28-24(20)32)30-25(34)16-3-2-8-27-11-16;1-16-12-31(13-17(2)37-16)14-19(33)15-36-21-7-6-20-22(23(21)35-3)29-26(32-10-9-28-24(20)32)30-25(34)18-5-4-8-27-11-18/h2-3,6-8,11,17-19,28,33H,4-5,9-10,12-15H2,1H3;4-8,11,16-17,19,28,33H,9-10,12-15H2,1-3H3/t17-,18?,19?;16-,17+,19-/m11/s1. The highest BCUT2D eigenvalue weighted by Crippen LogP contribution is 2.39. The first-order valence-corrected chi connectivity index (χ1v) is 25.1. The van der Waals surface area contributed by atoms with Crippen LogP contribution in [0, 0.1) is 0 Å². The topological polar surface area (TPSA) is 247 Å². The Morgan fingerprint density at radius 2 is 1.14 bits per heavy atom. The van der Waals surface area contributed by atoms with E-state index in [4.69, 9.17) is 38.4 Å². The molecule has 4 N–H and O–H groups in total. The Morgan fingerprint density at radius 1 is 0.676 bits per heavy atom. The number of amides is 2. The average molecular weight is 1020 g/mol. The maximum atomic E-state index is 12.8. The Labute approximate surface area is 426 Å². The summed E-state index contributed by atoms with van der Waals surface area (Å²) in [5, 5.41) is 29.7. The zero-order valence-corrected chi connectivity index (χ0v) is 41.9. The van der Waals surface area contributed by atoms with E-state index in [2.05, 4.69) is 40.4 Å². The largest absolute Gasteiger partial charge is 0.491 e. The summed E-state index contributed by atoms with van der Waals surface area (Å²) < 4.78 is 38.8. The number of pyridine rings is 2. The van der Waals surface area contributed by atoms with Crippen LogP contribution in [0.4, 0.5) is 11.6 Å². The second kappa shape index (κ2) is 22.6. The highest BCUT2D eigenvalue weighted by molar-refractivity contribution is 5.98. The van der Waals surface area contributed by atoms with Gasteiger partial charge in [-0.3, -0.25) is 38.5 Å². The third-order valence-corrected chi connectivity index (χ3v) is 13.4. The molecule has 3 fully saturated rings. The van der Waals surface area contributed by atoms with Gasteiger partial charge in [-0.15, -0.1) is 0 Å². The number of β-amino-alcohol motifs (C(OH)–C–C–N with tert-alkyl or cyclic N) is 2. The first kappa shape index (κ1) is 50.5. The molecule has 5 aliphatic heterocycles. The Bertz CT molecular complexity index is 2930. The van der Waals surface area contributed by atoms with Gasteiger partial charge >= 0.3 is 0 Å². The number of fused-ring (bicyclic) bond motifs is 8. The highest BCUT2D eigenvalue weighted by atomic mass is 16.5. The number of aliphatic hydroxyl groups excluding tert-OH is 2. The van der Waals surface area contributed by atoms with Gasteiger partial charge in [0.1, 0.15) is 48.1 Å². The highest BCUT2D eigenvalue weighted by Gasteiger charge is 2.34. The van der Waals surface area contributed by atoms with Gasteiger partial charge in [0.25, 0.3) is 11.8 Å². The number of carbonyl (C=O) groups excluding carboxylic acids is 2. The fraction of sp³-hybridized carbons (Fsp3) is 0.462. The smallest absolute Gasteiger partial charge is 0.281 e. The molecule has 2 aromatic carbocycles. The van der Waals surface area contributed by atoms with Gasteiger partial charge in [-0.25, -0.2) is 9.97 Å². The number of likely N-dealkylation sites (tertiary alicyclic amines) is 1. The number of rotatable bonds is 14. The van der Waals surface area contributed by atoms with Crippen LogP contribution in [0.3, 0.4) is 0 Å². The van der Waals surface area contributed by atoms with Crippen LogP contribution in [-0.4, -0.2) is 177 Å². The van der Waals surface area contributed by atoms with Crippen LogP contribution in [0.1, 0.15) is 47.4 Å². The lowest BCUT2D eigenvalue weighted by molar-refractivity contribution is -0.0787. The van der Waals surface area contributed by atoms with Gasteiger partial charge < -0.3 is 49.3 Å². The molecule has 6 aromatic rings. The fourth-order valence-corrected chi connectivity index (χ4v) is 10.3. The Hall–Kier alpha value is -7.08. The van der Waals surface area contributed by atoms with E-state index in [-0.39, 0.29) is 48.9 Å². The number of hydrogen-bond acceptors (Lipinski definition) is 18. The maximum Gasteiger partial charge on any atom is 0.281 e. The minimum Gasteiger partial charge on any atom is -0.491 e. The van der Waals surface area contributed by atoms with E-state index in [9.17, 15) is 19.8 Å². The molecule has 0 saturated carbocycles. The lowest BCUT2D eigenvalue weighted by Crippen LogP contribution is -2.48. The minimum absolute atomic E-state index is 0.0939. The molecule has 4 aromatic heterocycles. The van der Waals surface area contributed by atoms with E-state index >= 15 is 0 Å². The summed E-state index contributed by atoms with van der Waals surface area (Å²) in [6, 6.07) is 14.2. The summed E-state index contributed by atoms with van der Waals surface area (Å²) in [6.07, 6.45) is 7.80. The van der Waals surface area contributed by atoms with E-state index in [1.807, 2.05) is 47.2 Å². The first-order chi connectivity index (χ1) is 36.0. The number of carbonyl (C=O) groups is 2. The van der Waals surface area contributed by atoms with Gasteiger partial charge in [-0.05, 0) is 75.2 Å². The van der Waals surface area contributed by atoms with Crippen molar-refractivity contribution in [3.8, 4) is 23.0 Å². The number of aromatic nitrogens is 6. The number of nitrogens with zero attached hydrogens (tertiary/aromatic N) is 10. The predicted octanol–water partition coefficient (Wildman–Crippen LogP) is 2.66. The van der Waals surface area contributed by atoms with Gasteiger partial charge in [0.05, 0.1) is 49.8 Å². The molecule has 2 bridgehead atoms. The van der Waals surface area contributed by atoms with Crippen LogP contribution in [0.2, 0.25) is 0 Å². The number of hydrogen-bond donors (Lipinski definition) is 4. The number of benzene rings is 2. The quantitative estimate of drug-likeness (QED) is 0.123. The van der Waals surface area contributed by atoms with Crippen LogP contribution in [-0.2, 0) is 22.6 Å². The Balaban J connectivity index is 0.000000169. The van der Waals surface area contributed by atoms with Crippen molar-refractivity contribution in [1.29, 1.82) is 0 Å². The third-order valence-electron chi connectivity index (χ3n) is 13.4. The van der Waals surface area contributed by atoms with E-state index in [1.54, 1.807) is 50.9 Å². The molecule has 9 heterocycles. The van der Waals surface area contributed by atoms with Crippen molar-refractivity contribution in [2.45, 2.75) is 76.4 Å². The summed E-state index contributed by atoms with van der Waals surface area (Å²) in [4.78, 5) is 56.0. The maximum absolute atomic E-state index is 12.8. The molecular formula is C52H62N12O10. The molecule has 22 nitrogen and oxygen atoms in total. The molecule has 11 rings (SSSR count).